The Kier molecular flexibility index (Phi) is 76.9. The van der Waals surface area contributed by atoms with E-state index in [9.17, 15) is 0 Å². The molecular formula is C60H195F3O19Si21. The second kappa shape index (κ2) is 52.3. The summed E-state index contributed by atoms with van der Waals surface area (Å²) in [6, 6.07) is 0. The maximum absolute atomic E-state index is 6.69. The molecular weight excluding hydrogens is 1670 g/mol. The molecule has 0 amide bonds. The quantitative estimate of drug-likeness (QED) is 0.0536. The summed E-state index contributed by atoms with van der Waals surface area (Å²) in [5.74, 6) is 0. The summed E-state index contributed by atoms with van der Waals surface area (Å²) < 4.78 is 124. The molecule has 19 nitrogen and oxygen atoms in total. The molecule has 0 atom stereocenters. The van der Waals surface area contributed by atoms with Crippen molar-refractivity contribution in [2.45, 2.75) is 397 Å². The highest BCUT2D eigenvalue weighted by molar-refractivity contribution is 6.96. The van der Waals surface area contributed by atoms with Crippen molar-refractivity contribution in [3.63, 3.8) is 0 Å². The van der Waals surface area contributed by atoms with Crippen LogP contribution in [-0.2, 0) is 78.5 Å². The van der Waals surface area contributed by atoms with Crippen LogP contribution in [0.5, 0.6) is 0 Å². The van der Waals surface area contributed by atoms with Crippen molar-refractivity contribution in [3.05, 3.63) is 0 Å². The molecule has 0 aliphatic carbocycles. The Morgan fingerprint density at radius 1 is 0.117 bits per heavy atom. The van der Waals surface area contributed by atoms with Crippen molar-refractivity contribution in [3.8, 4) is 0 Å². The van der Waals surface area contributed by atoms with Gasteiger partial charge in [0.2, 0.25) is 0 Å². The van der Waals surface area contributed by atoms with Gasteiger partial charge in [0.15, 0.2) is 66.5 Å². The van der Waals surface area contributed by atoms with Crippen LogP contribution in [0, 0.1) is 0 Å². The molecule has 0 saturated carbocycles. The summed E-state index contributed by atoms with van der Waals surface area (Å²) in [7, 11) is -46.4. The first kappa shape index (κ1) is 151. The van der Waals surface area contributed by atoms with Crippen LogP contribution in [0.4, 0.5) is 14.1 Å². The van der Waals surface area contributed by atoms with Crippen molar-refractivity contribution >= 4 is 179 Å². The topological polar surface area (TPSA) is 175 Å². The molecule has 0 heterocycles. The molecule has 0 unspecified atom stereocenters. The average molecular weight is 1870 g/mol. The maximum Gasteiger partial charge on any atom is 0.470 e. The van der Waals surface area contributed by atoms with Gasteiger partial charge in [0, 0.05) is 26.8 Å². The highest BCUT2D eigenvalue weighted by atomic mass is 28.6. The molecule has 0 N–H and O–H groups in total. The monoisotopic (exact) mass is 1860 g/mol. The molecule has 0 aromatic rings. The fourth-order valence-electron chi connectivity index (χ4n) is 10.9. The smallest absolute Gasteiger partial charge is 0.437 e. The Bertz CT molecular complexity index is 1840. The molecule has 103 heavy (non-hydrogen) atoms. The van der Waals surface area contributed by atoms with E-state index in [0.29, 0.717) is 0 Å². The van der Waals surface area contributed by atoms with Gasteiger partial charge in [0.25, 0.3) is 0 Å². The Morgan fingerprint density at radius 2 is 0.194 bits per heavy atom. The third kappa shape index (κ3) is 86.3. The van der Waals surface area contributed by atoms with E-state index < -0.39 is 179 Å². The minimum Gasteiger partial charge on any atom is -0.437 e. The van der Waals surface area contributed by atoms with Crippen molar-refractivity contribution in [2.24, 2.45) is 0 Å². The van der Waals surface area contributed by atoms with Crippen LogP contribution in [-0.4, -0.2) is 186 Å². The Labute approximate surface area is 669 Å². The molecule has 0 aromatic carbocycles. The largest absolute Gasteiger partial charge is 0.470 e. The second-order valence-electron chi connectivity index (χ2n) is 35.5. The number of halogens is 3. The van der Waals surface area contributed by atoms with E-state index in [4.69, 9.17) is 78.5 Å². The van der Waals surface area contributed by atoms with Crippen molar-refractivity contribution < 1.29 is 92.6 Å². The van der Waals surface area contributed by atoms with Crippen molar-refractivity contribution in [1.82, 2.24) is 0 Å². The predicted octanol–water partition coefficient (Wildman–Crippen LogP) is 26.4. The lowest BCUT2D eigenvalue weighted by atomic mass is 11.8. The highest BCUT2D eigenvalue weighted by Crippen LogP contribution is 2.35. The lowest BCUT2D eigenvalue weighted by molar-refractivity contribution is 0.189. The summed E-state index contributed by atoms with van der Waals surface area (Å²) in [6.07, 6.45) is 0. The zero-order valence-corrected chi connectivity index (χ0v) is 88.5. The van der Waals surface area contributed by atoms with Gasteiger partial charge in [-0.3, -0.25) is 14.1 Å². The molecule has 0 bridgehead atoms. The summed E-state index contributed by atoms with van der Waals surface area (Å²) in [4.78, 5) is 0. The van der Waals surface area contributed by atoms with Gasteiger partial charge in [-0.25, -0.2) is 0 Å². The van der Waals surface area contributed by atoms with E-state index >= 15 is 0 Å². The van der Waals surface area contributed by atoms with E-state index in [2.05, 4.69) is 262 Å². The van der Waals surface area contributed by atoms with Crippen LogP contribution >= 0.6 is 0 Å². The fraction of sp³-hybridized carbons (Fsp3) is 1.00. The first-order chi connectivity index (χ1) is 37.3. The second-order valence-corrected chi connectivity index (χ2v) is 118. The molecule has 0 rings (SSSR count). The van der Waals surface area contributed by atoms with E-state index in [0.717, 1.165) is 0 Å². The third-order valence-corrected chi connectivity index (χ3v) is 80.6. The van der Waals surface area contributed by atoms with Crippen LogP contribution in [0.3, 0.4) is 0 Å². The van der Waals surface area contributed by atoms with E-state index in [1.807, 2.05) is 45.8 Å². The molecule has 43 heteroatoms. The Hall–Kier alpha value is 3.58. The zero-order valence-electron chi connectivity index (χ0n) is 67.5. The zero-order chi connectivity index (χ0) is 71.9. The number of rotatable bonds is 37. The fourth-order valence-corrected chi connectivity index (χ4v) is 105. The van der Waals surface area contributed by atoms with Crippen LogP contribution in [0.1, 0.15) is 89.1 Å². The van der Waals surface area contributed by atoms with Gasteiger partial charge < -0.3 is 78.5 Å². The number of hydrogen-bond acceptors (Lipinski definition) is 19. The standard InChI is InChI=1S/C16H48O7Si7.2C16H48O6Si7.12CH4.3FH/c1-17-26(8,9)20-29(14,15)23-30(16,21-27(10,11)18-24(2,3)4)22-28(12,13)19-25(5,6)7;2*1-23(2,3)17-26(10,11)20-29(16,21-27(12,13)18-24(4,5)6)22-28(14,15)19-25(7,8)9;;;;;;;;;;;;;;;/h1-16H3;2*1-16H3;12*1H4;3*1H. The molecule has 0 aromatic heterocycles. The van der Waals surface area contributed by atoms with Gasteiger partial charge in [0.1, 0.15) is 0 Å². The maximum atomic E-state index is 6.69. The van der Waals surface area contributed by atoms with Gasteiger partial charge in [0.05, 0.1) is 0 Å². The Morgan fingerprint density at radius 3 is 0.262 bits per heavy atom. The van der Waals surface area contributed by atoms with Gasteiger partial charge in [-0.05, 0) is 288 Å². The molecule has 0 aliphatic heterocycles. The van der Waals surface area contributed by atoms with E-state index in [1.165, 1.54) is 0 Å². The van der Waals surface area contributed by atoms with Gasteiger partial charge in [-0.1, -0.05) is 89.1 Å². The van der Waals surface area contributed by atoms with Crippen molar-refractivity contribution in [1.29, 1.82) is 0 Å². The molecule has 0 radical (unpaired) electrons. The van der Waals surface area contributed by atoms with Gasteiger partial charge in [-0.15, -0.1) is 0 Å². The first-order valence-corrected chi connectivity index (χ1v) is 93.6. The molecule has 0 aliphatic rings. The van der Waals surface area contributed by atoms with Crippen molar-refractivity contribution in [2.75, 3.05) is 7.11 Å². The molecule has 0 fully saturated rings. The van der Waals surface area contributed by atoms with E-state index in [-0.39, 0.29) is 103 Å². The summed E-state index contributed by atoms with van der Waals surface area (Å²) in [5.41, 5.74) is 0. The molecule has 654 valence electrons. The summed E-state index contributed by atoms with van der Waals surface area (Å²) in [5, 5.41) is 0. The molecule has 0 spiro atoms. The summed E-state index contributed by atoms with van der Waals surface area (Å²) >= 11 is 0. The minimum atomic E-state index is -3.15. The SMILES string of the molecule is C.C.C.C.C.C.C.C.C.C.C.C.CO[Si](C)(C)O[Si](C)(C)O[Si](C)(O[Si](C)(C)O[Si](C)(C)C)O[Si](C)(C)O[Si](C)(C)C.C[Si](C)(C)O[Si](C)(C)O[Si](C)(O[Si](C)(C)O[Si](C)(C)C)O[Si](C)(C)O[Si](C)(C)C.C[Si](C)(C)O[Si](C)(C)O[Si](C)(O[Si](C)(C)O[Si](C)(C)C)O[Si](C)(C)O[Si](C)(C)C.F.F.F. The molecule has 0 saturated heterocycles. The lowest BCUT2D eigenvalue weighted by Gasteiger charge is -2.45. The third-order valence-electron chi connectivity index (χ3n) is 9.28. The van der Waals surface area contributed by atoms with Crippen LogP contribution < -0.4 is 0 Å². The number of hydrogen-bond donors (Lipinski definition) is 0. The minimum absolute atomic E-state index is 0. The first-order valence-electron chi connectivity index (χ1n) is 31.5. The van der Waals surface area contributed by atoms with Gasteiger partial charge in [-0.2, -0.15) is 0 Å². The normalized spacial score (nSPS) is 13.4. The summed E-state index contributed by atoms with van der Waals surface area (Å²) in [6.45, 7) is 99.8. The predicted molar refractivity (Wildman–Crippen MR) is 511 cm³/mol. The Balaban J connectivity index is -0.0000000613. The van der Waals surface area contributed by atoms with Crippen LogP contribution in [0.25, 0.3) is 0 Å². The van der Waals surface area contributed by atoms with E-state index in [1.54, 1.807) is 7.11 Å². The lowest BCUT2D eigenvalue weighted by Crippen LogP contribution is -2.64. The van der Waals surface area contributed by atoms with Crippen LogP contribution in [0.15, 0.2) is 0 Å². The highest BCUT2D eigenvalue weighted by Gasteiger charge is 2.57. The average Bonchev–Trinajstić information content (AvgIpc) is 2.98. The van der Waals surface area contributed by atoms with Gasteiger partial charge >= 0.3 is 112 Å². The van der Waals surface area contributed by atoms with Crippen LogP contribution in [0.2, 0.25) is 308 Å².